The second-order valence-electron chi connectivity index (χ2n) is 5.33. The molecule has 0 aliphatic rings. The van der Waals surface area contributed by atoms with Crippen LogP contribution in [0.15, 0.2) is 30.7 Å². The quantitative estimate of drug-likeness (QED) is 0.804. The van der Waals surface area contributed by atoms with Gasteiger partial charge in [-0.2, -0.15) is 0 Å². The monoisotopic (exact) mass is 283 g/mol. The van der Waals surface area contributed by atoms with Crippen LogP contribution in [0.4, 0.5) is 0 Å². The van der Waals surface area contributed by atoms with Crippen molar-refractivity contribution in [3.05, 3.63) is 53.2 Å². The molecule has 0 radical (unpaired) electrons. The number of aromatic carboxylic acids is 1. The van der Waals surface area contributed by atoms with Gasteiger partial charge in [-0.15, -0.1) is 0 Å². The molecule has 0 fully saturated rings. The topological polar surface area (TPSA) is 60.0 Å². The zero-order valence-electron chi connectivity index (χ0n) is 12.3. The third kappa shape index (κ3) is 2.11. The first-order valence-electron chi connectivity index (χ1n) is 6.77. The van der Waals surface area contributed by atoms with E-state index >= 15 is 0 Å². The fourth-order valence-corrected chi connectivity index (χ4v) is 2.69. The van der Waals surface area contributed by atoms with Crippen molar-refractivity contribution >= 4 is 16.9 Å². The number of imidazole rings is 1. The first-order valence-corrected chi connectivity index (χ1v) is 6.77. The summed E-state index contributed by atoms with van der Waals surface area (Å²) in [6.45, 7) is 4.81. The number of fused-ring (bicyclic) bond motifs is 1. The van der Waals surface area contributed by atoms with Crippen LogP contribution in [0.1, 0.15) is 27.3 Å². The summed E-state index contributed by atoms with van der Waals surface area (Å²) < 4.78 is 4.19. The number of nitrogens with zero attached hydrogens (tertiary/aromatic N) is 3. The summed E-state index contributed by atoms with van der Waals surface area (Å²) >= 11 is 0. The predicted octanol–water partition coefficient (Wildman–Crippen LogP) is 2.74. The number of carbonyl (C=O) groups is 1. The lowest BCUT2D eigenvalue weighted by Gasteiger charge is -2.09. The number of rotatable bonds is 3. The highest BCUT2D eigenvalue weighted by atomic mass is 16.4. The van der Waals surface area contributed by atoms with E-state index in [1.165, 1.54) is 0 Å². The average Bonchev–Trinajstić information content (AvgIpc) is 2.96. The lowest BCUT2D eigenvalue weighted by atomic mass is 10.1. The van der Waals surface area contributed by atoms with Crippen molar-refractivity contribution < 1.29 is 9.90 Å². The molecule has 3 aromatic rings. The number of aryl methyl sites for hydroxylation is 2. The van der Waals surface area contributed by atoms with Crippen LogP contribution < -0.4 is 0 Å². The fourth-order valence-electron chi connectivity index (χ4n) is 2.69. The Kier molecular flexibility index (Phi) is 3.05. The number of aromatic nitrogens is 3. The maximum absolute atomic E-state index is 11.1. The second-order valence-corrected chi connectivity index (χ2v) is 5.33. The summed E-state index contributed by atoms with van der Waals surface area (Å²) in [6.07, 6.45) is 3.64. The highest BCUT2D eigenvalue weighted by Gasteiger charge is 2.14. The SMILES string of the molecule is Cc1c(C)n(Cc2cncn2C)c2ccc(C(=O)O)cc12. The van der Waals surface area contributed by atoms with Gasteiger partial charge in [0.2, 0.25) is 0 Å². The van der Waals surface area contributed by atoms with Crippen molar-refractivity contribution in [2.24, 2.45) is 7.05 Å². The Morgan fingerprint density at radius 3 is 2.71 bits per heavy atom. The van der Waals surface area contributed by atoms with Gasteiger partial charge in [0.25, 0.3) is 0 Å². The standard InChI is InChI=1S/C16H17N3O2/c1-10-11(2)19(8-13-7-17-9-18(13)3)15-5-4-12(16(20)21)6-14(10)15/h4-7,9H,8H2,1-3H3,(H,20,21). The number of hydrogen-bond acceptors (Lipinski definition) is 2. The number of carboxylic acids is 1. The predicted molar refractivity (Wildman–Crippen MR) is 80.7 cm³/mol. The molecule has 2 aromatic heterocycles. The van der Waals surface area contributed by atoms with Crippen molar-refractivity contribution in [3.8, 4) is 0 Å². The number of carboxylic acid groups (broad SMARTS) is 1. The Labute approximate surface area is 122 Å². The van der Waals surface area contributed by atoms with Crippen molar-refractivity contribution in [3.63, 3.8) is 0 Å². The van der Waals surface area contributed by atoms with E-state index in [0.717, 1.165) is 34.4 Å². The van der Waals surface area contributed by atoms with E-state index in [0.29, 0.717) is 5.56 Å². The molecule has 2 heterocycles. The molecule has 5 heteroatoms. The summed E-state index contributed by atoms with van der Waals surface area (Å²) in [7, 11) is 1.97. The summed E-state index contributed by atoms with van der Waals surface area (Å²) in [6, 6.07) is 5.29. The molecule has 0 atom stereocenters. The molecule has 0 aliphatic heterocycles. The van der Waals surface area contributed by atoms with Crippen molar-refractivity contribution in [1.29, 1.82) is 0 Å². The molecule has 1 aromatic carbocycles. The first kappa shape index (κ1) is 13.4. The van der Waals surface area contributed by atoms with Gasteiger partial charge in [0.15, 0.2) is 0 Å². The molecule has 5 nitrogen and oxygen atoms in total. The van der Waals surface area contributed by atoms with Gasteiger partial charge in [-0.3, -0.25) is 0 Å². The van der Waals surface area contributed by atoms with E-state index in [2.05, 4.69) is 16.5 Å². The van der Waals surface area contributed by atoms with Gasteiger partial charge in [-0.1, -0.05) is 0 Å². The molecule has 0 unspecified atom stereocenters. The maximum Gasteiger partial charge on any atom is 0.335 e. The van der Waals surface area contributed by atoms with Crippen molar-refractivity contribution in [1.82, 2.24) is 14.1 Å². The van der Waals surface area contributed by atoms with Gasteiger partial charge in [-0.25, -0.2) is 9.78 Å². The lowest BCUT2D eigenvalue weighted by molar-refractivity contribution is 0.0697. The average molecular weight is 283 g/mol. The smallest absolute Gasteiger partial charge is 0.335 e. The van der Waals surface area contributed by atoms with Crippen LogP contribution in [-0.4, -0.2) is 25.2 Å². The van der Waals surface area contributed by atoms with Crippen LogP contribution in [0.5, 0.6) is 0 Å². The fraction of sp³-hybridized carbons (Fsp3) is 0.250. The summed E-state index contributed by atoms with van der Waals surface area (Å²) in [5.74, 6) is -0.895. The molecule has 0 bridgehead atoms. The van der Waals surface area contributed by atoms with Gasteiger partial charge in [0, 0.05) is 29.8 Å². The number of benzene rings is 1. The summed E-state index contributed by atoms with van der Waals surface area (Å²) in [4.78, 5) is 15.3. The minimum Gasteiger partial charge on any atom is -0.478 e. The molecule has 0 saturated heterocycles. The van der Waals surface area contributed by atoms with Gasteiger partial charge in [0.1, 0.15) is 0 Å². The molecular formula is C16H17N3O2. The van der Waals surface area contributed by atoms with Crippen LogP contribution in [0.2, 0.25) is 0 Å². The summed E-state index contributed by atoms with van der Waals surface area (Å²) in [5, 5.41) is 10.1. The van der Waals surface area contributed by atoms with E-state index in [4.69, 9.17) is 5.11 Å². The third-order valence-corrected chi connectivity index (χ3v) is 4.12. The Hall–Kier alpha value is -2.56. The van der Waals surface area contributed by atoms with Crippen LogP contribution >= 0.6 is 0 Å². The van der Waals surface area contributed by atoms with E-state index in [1.54, 1.807) is 18.5 Å². The highest BCUT2D eigenvalue weighted by molar-refractivity contribution is 5.95. The molecule has 1 N–H and O–H groups in total. The van der Waals surface area contributed by atoms with Crippen LogP contribution in [-0.2, 0) is 13.6 Å². The van der Waals surface area contributed by atoms with Crippen molar-refractivity contribution in [2.45, 2.75) is 20.4 Å². The number of hydrogen-bond donors (Lipinski definition) is 1. The van der Waals surface area contributed by atoms with E-state index in [-0.39, 0.29) is 0 Å². The van der Waals surface area contributed by atoms with Gasteiger partial charge >= 0.3 is 5.97 Å². The molecular weight excluding hydrogens is 266 g/mol. The van der Waals surface area contributed by atoms with E-state index in [9.17, 15) is 4.79 Å². The van der Waals surface area contributed by atoms with Crippen LogP contribution in [0, 0.1) is 13.8 Å². The van der Waals surface area contributed by atoms with Gasteiger partial charge in [-0.05, 0) is 37.6 Å². The normalized spacial score (nSPS) is 11.2. The molecule has 3 rings (SSSR count). The minimum atomic E-state index is -0.895. The second kappa shape index (κ2) is 4.77. The molecule has 0 aliphatic carbocycles. The maximum atomic E-state index is 11.1. The Balaban J connectivity index is 2.17. The lowest BCUT2D eigenvalue weighted by Crippen LogP contribution is -2.05. The molecule has 108 valence electrons. The zero-order valence-corrected chi connectivity index (χ0v) is 12.3. The van der Waals surface area contributed by atoms with Gasteiger partial charge < -0.3 is 14.2 Å². The Bertz CT molecular complexity index is 843. The first-order chi connectivity index (χ1) is 9.99. The molecule has 0 amide bonds. The largest absolute Gasteiger partial charge is 0.478 e. The van der Waals surface area contributed by atoms with Gasteiger partial charge in [0.05, 0.1) is 24.1 Å². The molecule has 0 spiro atoms. The van der Waals surface area contributed by atoms with Crippen LogP contribution in [0.3, 0.4) is 0 Å². The Morgan fingerprint density at radius 1 is 1.33 bits per heavy atom. The van der Waals surface area contributed by atoms with E-state index < -0.39 is 5.97 Å². The minimum absolute atomic E-state index is 0.322. The molecule has 0 saturated carbocycles. The Morgan fingerprint density at radius 2 is 2.10 bits per heavy atom. The van der Waals surface area contributed by atoms with E-state index in [1.807, 2.05) is 30.8 Å². The molecule has 21 heavy (non-hydrogen) atoms. The van der Waals surface area contributed by atoms with Crippen LogP contribution in [0.25, 0.3) is 10.9 Å². The third-order valence-electron chi connectivity index (χ3n) is 4.12. The van der Waals surface area contributed by atoms with Crippen molar-refractivity contribution in [2.75, 3.05) is 0 Å². The zero-order chi connectivity index (χ0) is 15.1. The summed E-state index contributed by atoms with van der Waals surface area (Å²) in [5.41, 5.74) is 4.75. The highest BCUT2D eigenvalue weighted by Crippen LogP contribution is 2.27.